The highest BCUT2D eigenvalue weighted by Gasteiger charge is 2.13. The zero-order valence-corrected chi connectivity index (χ0v) is 12.1. The smallest absolute Gasteiger partial charge is 0.315 e. The first-order chi connectivity index (χ1) is 8.47. The van der Waals surface area contributed by atoms with Crippen molar-refractivity contribution in [3.05, 3.63) is 30.1 Å². The fourth-order valence-electron chi connectivity index (χ4n) is 1.33. The molecule has 0 unspecified atom stereocenters. The zero-order valence-electron chi connectivity index (χ0n) is 11.3. The summed E-state index contributed by atoms with van der Waals surface area (Å²) in [6.07, 6.45) is 5.34. The van der Waals surface area contributed by atoms with Crippen LogP contribution in [-0.2, 0) is 16.0 Å². The summed E-state index contributed by atoms with van der Waals surface area (Å²) < 4.78 is 5.28. The topological polar surface area (TPSA) is 39.2 Å². The van der Waals surface area contributed by atoms with Crippen LogP contribution in [0.3, 0.4) is 0 Å². The van der Waals surface area contributed by atoms with E-state index < -0.39 is 0 Å². The molecule has 0 aromatic carbocycles. The summed E-state index contributed by atoms with van der Waals surface area (Å²) in [5.74, 6) is 0.303. The largest absolute Gasteiger partial charge is 0.465 e. The Morgan fingerprint density at radius 2 is 2.22 bits per heavy atom. The Labute approximate surface area is 113 Å². The quantitative estimate of drug-likeness (QED) is 0.586. The molecule has 0 spiro atoms. The van der Waals surface area contributed by atoms with Gasteiger partial charge in [-0.3, -0.25) is 9.78 Å². The Morgan fingerprint density at radius 3 is 2.83 bits per heavy atom. The molecule has 0 N–H and O–H groups in total. The molecule has 1 rings (SSSR count). The number of hydrogen-bond acceptors (Lipinski definition) is 4. The molecule has 0 saturated carbocycles. The van der Waals surface area contributed by atoms with Gasteiger partial charge in [0.25, 0.3) is 0 Å². The van der Waals surface area contributed by atoms with Crippen molar-refractivity contribution in [2.75, 3.05) is 12.4 Å². The zero-order chi connectivity index (χ0) is 13.4. The Kier molecular flexibility index (Phi) is 6.19. The van der Waals surface area contributed by atoms with Crippen LogP contribution < -0.4 is 0 Å². The van der Waals surface area contributed by atoms with Gasteiger partial charge in [0.15, 0.2) is 0 Å². The van der Waals surface area contributed by atoms with Crippen molar-refractivity contribution < 1.29 is 9.53 Å². The highest BCUT2D eigenvalue weighted by atomic mass is 32.2. The summed E-state index contributed by atoms with van der Waals surface area (Å²) in [4.78, 5) is 15.5. The standard InChI is InChI=1S/C14H21NO2S/c1-14(2,3)18-11-13(16)17-9-5-7-12-6-4-8-15-10-12/h4,6,8,10H,5,7,9,11H2,1-3H3. The van der Waals surface area contributed by atoms with Crippen LogP contribution in [0.5, 0.6) is 0 Å². The van der Waals surface area contributed by atoms with E-state index in [0.29, 0.717) is 12.4 Å². The van der Waals surface area contributed by atoms with E-state index in [1.165, 1.54) is 5.56 Å². The van der Waals surface area contributed by atoms with Crippen LogP contribution in [-0.4, -0.2) is 28.1 Å². The third-order valence-corrected chi connectivity index (χ3v) is 3.46. The maximum atomic E-state index is 11.4. The molecule has 0 radical (unpaired) electrons. The Balaban J connectivity index is 2.09. The highest BCUT2D eigenvalue weighted by Crippen LogP contribution is 2.22. The van der Waals surface area contributed by atoms with Crippen molar-refractivity contribution in [3.63, 3.8) is 0 Å². The first-order valence-electron chi connectivity index (χ1n) is 6.16. The second-order valence-electron chi connectivity index (χ2n) is 5.09. The lowest BCUT2D eigenvalue weighted by atomic mass is 10.2. The lowest BCUT2D eigenvalue weighted by molar-refractivity contribution is -0.140. The molecule has 1 aromatic heterocycles. The fraction of sp³-hybridized carbons (Fsp3) is 0.571. The summed E-state index contributed by atoms with van der Waals surface area (Å²) in [5.41, 5.74) is 1.18. The van der Waals surface area contributed by atoms with Gasteiger partial charge in [-0.05, 0) is 24.5 Å². The van der Waals surface area contributed by atoms with Crippen molar-refractivity contribution in [2.24, 2.45) is 0 Å². The van der Waals surface area contributed by atoms with Crippen LogP contribution in [0.1, 0.15) is 32.8 Å². The molecule has 4 heteroatoms. The number of esters is 1. The first kappa shape index (κ1) is 15.0. The summed E-state index contributed by atoms with van der Waals surface area (Å²) in [5, 5.41) is 0. The maximum absolute atomic E-state index is 11.4. The number of ether oxygens (including phenoxy) is 1. The van der Waals surface area contributed by atoms with Crippen LogP contribution in [0.2, 0.25) is 0 Å². The summed E-state index contributed by atoms with van der Waals surface area (Å²) >= 11 is 1.61. The number of carbonyl (C=O) groups is 1. The molecular formula is C14H21NO2S. The predicted molar refractivity (Wildman–Crippen MR) is 75.7 cm³/mol. The predicted octanol–water partition coefficient (Wildman–Crippen LogP) is 3.09. The van der Waals surface area contributed by atoms with Gasteiger partial charge in [-0.15, -0.1) is 11.8 Å². The number of pyridine rings is 1. The molecule has 18 heavy (non-hydrogen) atoms. The van der Waals surface area contributed by atoms with E-state index >= 15 is 0 Å². The number of thioether (sulfide) groups is 1. The monoisotopic (exact) mass is 267 g/mol. The molecule has 0 aliphatic heterocycles. The molecule has 3 nitrogen and oxygen atoms in total. The molecule has 100 valence electrons. The molecule has 0 aliphatic rings. The minimum atomic E-state index is -0.124. The lowest BCUT2D eigenvalue weighted by Crippen LogP contribution is -2.15. The van der Waals surface area contributed by atoms with Crippen molar-refractivity contribution in [2.45, 2.75) is 38.4 Å². The van der Waals surface area contributed by atoms with E-state index in [9.17, 15) is 4.79 Å². The number of aryl methyl sites for hydroxylation is 1. The molecular weight excluding hydrogens is 246 g/mol. The van der Waals surface area contributed by atoms with Gasteiger partial charge in [0.1, 0.15) is 0 Å². The van der Waals surface area contributed by atoms with Gasteiger partial charge >= 0.3 is 5.97 Å². The van der Waals surface area contributed by atoms with E-state index in [2.05, 4.69) is 25.8 Å². The average molecular weight is 267 g/mol. The van der Waals surface area contributed by atoms with Crippen molar-refractivity contribution in [1.82, 2.24) is 4.98 Å². The Bertz CT molecular complexity index is 360. The molecule has 0 aliphatic carbocycles. The van der Waals surface area contributed by atoms with Crippen LogP contribution in [0.15, 0.2) is 24.5 Å². The average Bonchev–Trinajstić information content (AvgIpc) is 2.33. The van der Waals surface area contributed by atoms with E-state index in [4.69, 9.17) is 4.74 Å². The highest BCUT2D eigenvalue weighted by molar-refractivity contribution is 8.01. The number of hydrogen-bond donors (Lipinski definition) is 0. The van der Waals surface area contributed by atoms with Crippen molar-refractivity contribution in [3.8, 4) is 0 Å². The van der Waals surface area contributed by atoms with E-state index in [1.54, 1.807) is 18.0 Å². The number of nitrogens with zero attached hydrogens (tertiary/aromatic N) is 1. The molecule has 0 bridgehead atoms. The molecule has 0 amide bonds. The van der Waals surface area contributed by atoms with Crippen molar-refractivity contribution >= 4 is 17.7 Å². The molecule has 0 saturated heterocycles. The number of aromatic nitrogens is 1. The van der Waals surface area contributed by atoms with Gasteiger partial charge in [0.05, 0.1) is 12.4 Å². The molecule has 0 atom stereocenters. The minimum absolute atomic E-state index is 0.106. The Hall–Kier alpha value is -1.03. The van der Waals surface area contributed by atoms with Gasteiger partial charge < -0.3 is 4.74 Å². The van der Waals surface area contributed by atoms with E-state index in [0.717, 1.165) is 12.8 Å². The van der Waals surface area contributed by atoms with Gasteiger partial charge in [-0.1, -0.05) is 26.8 Å². The summed E-state index contributed by atoms with van der Waals surface area (Å²) in [7, 11) is 0. The first-order valence-corrected chi connectivity index (χ1v) is 7.14. The van der Waals surface area contributed by atoms with E-state index in [-0.39, 0.29) is 10.7 Å². The summed E-state index contributed by atoms with van der Waals surface area (Å²) in [6, 6.07) is 3.95. The third-order valence-electron chi connectivity index (χ3n) is 2.22. The fourth-order valence-corrected chi connectivity index (χ4v) is 1.96. The minimum Gasteiger partial charge on any atom is -0.465 e. The molecule has 1 aromatic rings. The van der Waals surface area contributed by atoms with Gasteiger partial charge in [-0.2, -0.15) is 0 Å². The van der Waals surface area contributed by atoms with Crippen LogP contribution >= 0.6 is 11.8 Å². The van der Waals surface area contributed by atoms with E-state index in [1.807, 2.05) is 18.3 Å². The Morgan fingerprint density at radius 1 is 1.44 bits per heavy atom. The maximum Gasteiger partial charge on any atom is 0.315 e. The second kappa shape index (κ2) is 7.41. The number of rotatable bonds is 6. The lowest BCUT2D eigenvalue weighted by Gasteiger charge is -2.16. The van der Waals surface area contributed by atoms with Crippen LogP contribution in [0.4, 0.5) is 0 Å². The SMILES string of the molecule is CC(C)(C)SCC(=O)OCCCc1cccnc1. The summed E-state index contributed by atoms with van der Waals surface area (Å²) in [6.45, 7) is 6.76. The molecule has 1 heterocycles. The van der Waals surface area contributed by atoms with Crippen LogP contribution in [0.25, 0.3) is 0 Å². The third kappa shape index (κ3) is 7.33. The van der Waals surface area contributed by atoms with Gasteiger partial charge in [0, 0.05) is 17.1 Å². The number of carbonyl (C=O) groups excluding carboxylic acids is 1. The van der Waals surface area contributed by atoms with Crippen molar-refractivity contribution in [1.29, 1.82) is 0 Å². The normalized spacial score (nSPS) is 11.3. The van der Waals surface area contributed by atoms with Gasteiger partial charge in [0.2, 0.25) is 0 Å². The van der Waals surface area contributed by atoms with Gasteiger partial charge in [-0.25, -0.2) is 0 Å². The van der Waals surface area contributed by atoms with Crippen LogP contribution in [0, 0.1) is 0 Å². The second-order valence-corrected chi connectivity index (χ2v) is 6.89. The molecule has 0 fully saturated rings.